The minimum atomic E-state index is 0.179. The van der Waals surface area contributed by atoms with Crippen molar-refractivity contribution in [1.82, 2.24) is 9.13 Å². The summed E-state index contributed by atoms with van der Waals surface area (Å²) in [7, 11) is 6.46. The number of nitrogens with zero attached hydrogens (tertiary/aromatic N) is 3. The van der Waals surface area contributed by atoms with Crippen molar-refractivity contribution in [1.29, 1.82) is 0 Å². The summed E-state index contributed by atoms with van der Waals surface area (Å²) in [5.41, 5.74) is 16.5. The molecular weight excluding hydrogens is 687 g/mol. The number of hydrogen-bond acceptors (Lipinski definition) is 2. The summed E-state index contributed by atoms with van der Waals surface area (Å²) in [5, 5.41) is 5.51. The zero-order valence-electron chi connectivity index (χ0n) is 35.1. The fourth-order valence-corrected chi connectivity index (χ4v) is 9.52. The molecule has 1 aliphatic rings. The lowest BCUT2D eigenvalue weighted by molar-refractivity contribution is 0.590. The predicted octanol–water partition coefficient (Wildman–Crippen LogP) is 14.4. The van der Waals surface area contributed by atoms with Gasteiger partial charge in [0.1, 0.15) is 0 Å². The molecule has 0 saturated heterocycles. The summed E-state index contributed by atoms with van der Waals surface area (Å²) in [4.78, 5) is 4.92. The lowest BCUT2D eigenvalue weighted by atomic mass is 9.85. The summed E-state index contributed by atoms with van der Waals surface area (Å²) in [6, 6.07) is 40.0. The van der Waals surface area contributed by atoms with E-state index in [1.807, 2.05) is 11.8 Å². The highest BCUT2D eigenvalue weighted by Crippen LogP contribution is 2.47. The second-order valence-corrected chi connectivity index (χ2v) is 18.7. The van der Waals surface area contributed by atoms with E-state index >= 15 is 0 Å². The van der Waals surface area contributed by atoms with Crippen LogP contribution < -0.4 is 4.90 Å². The van der Waals surface area contributed by atoms with Gasteiger partial charge in [-0.15, -0.1) is 0 Å². The van der Waals surface area contributed by atoms with Crippen molar-refractivity contribution in [2.45, 2.75) is 89.9 Å². The first kappa shape index (κ1) is 38.3. The molecule has 0 atom stereocenters. The third-order valence-corrected chi connectivity index (χ3v) is 12.4. The number of fused-ring (bicyclic) bond motifs is 8. The maximum atomic E-state index is 2.38. The molecular formula is C51H57N3S. The molecule has 1 aliphatic heterocycles. The van der Waals surface area contributed by atoms with Gasteiger partial charge in [0.2, 0.25) is 0 Å². The van der Waals surface area contributed by atoms with Crippen molar-refractivity contribution >= 4 is 66.7 Å². The van der Waals surface area contributed by atoms with Gasteiger partial charge in [0.25, 0.3) is 0 Å². The molecule has 55 heavy (non-hydrogen) atoms. The molecule has 6 aromatic carbocycles. The summed E-state index contributed by atoms with van der Waals surface area (Å²) < 4.78 is 4.65. The van der Waals surface area contributed by atoms with Crippen molar-refractivity contribution in [3.63, 3.8) is 0 Å². The first-order chi connectivity index (χ1) is 25.9. The normalized spacial score (nSPS) is 12.7. The fraction of sp³-hybridized carbons (Fsp3) is 0.294. The van der Waals surface area contributed by atoms with Crippen LogP contribution in [0.4, 0.5) is 11.4 Å². The summed E-state index contributed by atoms with van der Waals surface area (Å²) in [6.45, 7) is 22.4. The molecule has 3 nitrogen and oxygen atoms in total. The molecule has 0 saturated carbocycles. The number of hydrogen-bond donors (Lipinski definition) is 0. The molecule has 282 valence electrons. The van der Waals surface area contributed by atoms with E-state index in [1.54, 1.807) is 0 Å². The van der Waals surface area contributed by atoms with Gasteiger partial charge in [0.05, 0.1) is 22.4 Å². The van der Waals surface area contributed by atoms with Crippen molar-refractivity contribution in [3.05, 3.63) is 143 Å². The van der Waals surface area contributed by atoms with Gasteiger partial charge in [0.15, 0.2) is 0 Å². The van der Waals surface area contributed by atoms with Crippen LogP contribution in [0.3, 0.4) is 0 Å². The minimum Gasteiger partial charge on any atom is -0.344 e. The van der Waals surface area contributed by atoms with Crippen LogP contribution in [-0.2, 0) is 24.9 Å². The molecule has 0 amide bonds. The van der Waals surface area contributed by atoms with Crippen LogP contribution in [0.2, 0.25) is 0 Å². The first-order valence-electron chi connectivity index (χ1n) is 19.5. The standard InChI is InChI=1S/C21H27N.C17H19N.C13H11NS/c1-20(2,3)14-8-10-18-16(12-14)17-13-15(21(4,5)6)9-11-19(17)22(18)7;1-10-6-12(3)16-14(8-10)15-9-11(2)7-13(4)17(15)18(16)5;1-14-10-6-2-4-8-12(10)15-13-9-5-3-7-11(13)14/h8-13H,1-7H3;6-9H,1-5H3;2-9H,1H3. The van der Waals surface area contributed by atoms with E-state index in [0.29, 0.717) is 0 Å². The minimum absolute atomic E-state index is 0.179. The molecule has 3 heterocycles. The molecule has 8 aromatic rings. The van der Waals surface area contributed by atoms with Crippen LogP contribution >= 0.6 is 11.8 Å². The zero-order valence-corrected chi connectivity index (χ0v) is 36.0. The number of para-hydroxylation sites is 2. The van der Waals surface area contributed by atoms with Gasteiger partial charge in [-0.25, -0.2) is 0 Å². The fourth-order valence-electron chi connectivity index (χ4n) is 8.37. The lowest BCUT2D eigenvalue weighted by Crippen LogP contribution is -2.14. The zero-order chi connectivity index (χ0) is 39.6. The van der Waals surface area contributed by atoms with Gasteiger partial charge in [-0.3, -0.25) is 0 Å². The number of benzene rings is 6. The largest absolute Gasteiger partial charge is 0.344 e. The Morgan fingerprint density at radius 2 is 0.836 bits per heavy atom. The summed E-state index contributed by atoms with van der Waals surface area (Å²) >= 11 is 1.84. The molecule has 0 radical (unpaired) electrons. The van der Waals surface area contributed by atoms with Crippen molar-refractivity contribution < 1.29 is 0 Å². The molecule has 4 heteroatoms. The van der Waals surface area contributed by atoms with E-state index in [2.05, 4.69) is 214 Å². The third kappa shape index (κ3) is 7.18. The number of aryl methyl sites for hydroxylation is 6. The van der Waals surface area contributed by atoms with Gasteiger partial charge in [-0.1, -0.05) is 113 Å². The maximum absolute atomic E-state index is 2.38. The molecule has 0 fully saturated rings. The van der Waals surface area contributed by atoms with Gasteiger partial charge in [-0.2, -0.15) is 0 Å². The van der Waals surface area contributed by atoms with E-state index in [-0.39, 0.29) is 10.8 Å². The van der Waals surface area contributed by atoms with Crippen LogP contribution in [0.5, 0.6) is 0 Å². The second-order valence-electron chi connectivity index (χ2n) is 17.6. The Morgan fingerprint density at radius 1 is 0.436 bits per heavy atom. The number of aromatic nitrogens is 2. The van der Waals surface area contributed by atoms with E-state index in [9.17, 15) is 0 Å². The number of rotatable bonds is 0. The van der Waals surface area contributed by atoms with Crippen LogP contribution in [-0.4, -0.2) is 16.2 Å². The molecule has 2 aromatic heterocycles. The molecule has 0 N–H and O–H groups in total. The Kier molecular flexibility index (Phi) is 9.97. The topological polar surface area (TPSA) is 13.1 Å². The Hall–Kier alpha value is -4.93. The van der Waals surface area contributed by atoms with Crippen molar-refractivity contribution in [3.8, 4) is 0 Å². The van der Waals surface area contributed by atoms with Gasteiger partial charge in [0, 0.05) is 63.5 Å². The maximum Gasteiger partial charge on any atom is 0.0550 e. The second kappa shape index (κ2) is 14.3. The SMILES string of the molecule is CN1c2ccccc2Sc2ccccc21.Cc1cc(C)c2c(c1)c1cc(C)cc(C)c1n2C.Cn1c2ccc(C(C)(C)C)cc2c2cc(C(C)(C)C)ccc21. The van der Waals surface area contributed by atoms with Crippen molar-refractivity contribution in [2.75, 3.05) is 11.9 Å². The van der Waals surface area contributed by atoms with Crippen LogP contribution in [0.25, 0.3) is 43.6 Å². The Morgan fingerprint density at radius 3 is 1.24 bits per heavy atom. The highest BCUT2D eigenvalue weighted by atomic mass is 32.2. The van der Waals surface area contributed by atoms with Gasteiger partial charge in [-0.05, 0) is 121 Å². The first-order valence-corrected chi connectivity index (χ1v) is 20.3. The quantitative estimate of drug-likeness (QED) is 0.153. The van der Waals surface area contributed by atoms with Crippen molar-refractivity contribution in [2.24, 2.45) is 14.1 Å². The molecule has 0 bridgehead atoms. The highest BCUT2D eigenvalue weighted by Gasteiger charge is 2.21. The Balaban J connectivity index is 0.000000129. The lowest BCUT2D eigenvalue weighted by Gasteiger charge is -2.29. The van der Waals surface area contributed by atoms with Gasteiger partial charge < -0.3 is 14.0 Å². The van der Waals surface area contributed by atoms with Crippen LogP contribution in [0, 0.1) is 27.7 Å². The Bertz CT molecular complexity index is 2550. The van der Waals surface area contributed by atoms with E-state index in [1.165, 1.54) is 98.2 Å². The summed E-state index contributed by atoms with van der Waals surface area (Å²) in [6.07, 6.45) is 0. The Labute approximate surface area is 333 Å². The number of anilines is 2. The molecule has 0 spiro atoms. The van der Waals surface area contributed by atoms with E-state index in [4.69, 9.17) is 0 Å². The average molecular weight is 744 g/mol. The average Bonchev–Trinajstić information content (AvgIpc) is 3.57. The van der Waals surface area contributed by atoms with Crippen LogP contribution in [0.15, 0.2) is 119 Å². The highest BCUT2D eigenvalue weighted by molar-refractivity contribution is 7.99. The van der Waals surface area contributed by atoms with Crippen LogP contribution in [0.1, 0.15) is 74.9 Å². The molecule has 0 unspecified atom stereocenters. The smallest absolute Gasteiger partial charge is 0.0550 e. The molecule has 0 aliphatic carbocycles. The van der Waals surface area contributed by atoms with E-state index < -0.39 is 0 Å². The predicted molar refractivity (Wildman–Crippen MR) is 242 cm³/mol. The van der Waals surface area contributed by atoms with E-state index in [0.717, 1.165) is 0 Å². The van der Waals surface area contributed by atoms with Gasteiger partial charge >= 0.3 is 0 Å². The third-order valence-electron chi connectivity index (χ3n) is 11.3. The summed E-state index contributed by atoms with van der Waals surface area (Å²) in [5.74, 6) is 0. The monoisotopic (exact) mass is 743 g/mol. The molecule has 9 rings (SSSR count).